The molecule has 2 aliphatic rings. The van der Waals surface area contributed by atoms with Crippen molar-refractivity contribution in [3.8, 4) is 0 Å². The van der Waals surface area contributed by atoms with Crippen LogP contribution in [0.2, 0.25) is 0 Å². The molecule has 0 saturated carbocycles. The maximum atomic E-state index is 11.4. The van der Waals surface area contributed by atoms with Crippen LogP contribution in [-0.2, 0) is 0 Å². The lowest BCUT2D eigenvalue weighted by Gasteiger charge is -2.25. The summed E-state index contributed by atoms with van der Waals surface area (Å²) >= 11 is 3.62. The van der Waals surface area contributed by atoms with Gasteiger partial charge in [-0.3, -0.25) is 9.69 Å². The van der Waals surface area contributed by atoms with E-state index in [9.17, 15) is 4.79 Å². The molecule has 1 aromatic carbocycles. The first-order valence-corrected chi connectivity index (χ1v) is 8.24. The molecule has 0 bridgehead atoms. The standard InChI is InChI=1S/C16H21BrN2O/c1-12(20)13-4-5-16(15(17)10-13)19-9-6-14(11-19)18-7-2-3-8-18/h4-5,10,14H,2-3,6-9,11H2,1H3. The van der Waals surface area contributed by atoms with Crippen molar-refractivity contribution in [1.29, 1.82) is 0 Å². The van der Waals surface area contributed by atoms with Gasteiger partial charge >= 0.3 is 0 Å². The Bertz CT molecular complexity index is 511. The fourth-order valence-electron chi connectivity index (χ4n) is 3.35. The van der Waals surface area contributed by atoms with Gasteiger partial charge in [0, 0.05) is 29.2 Å². The SMILES string of the molecule is CC(=O)c1ccc(N2CCC(N3CCCC3)C2)c(Br)c1. The second-order valence-corrected chi connectivity index (χ2v) is 6.71. The van der Waals surface area contributed by atoms with E-state index in [1.807, 2.05) is 12.1 Å². The van der Waals surface area contributed by atoms with Gasteiger partial charge in [-0.2, -0.15) is 0 Å². The number of Topliss-reactive ketones (excluding diaryl/α,β-unsaturated/α-hetero) is 1. The lowest BCUT2D eigenvalue weighted by Crippen LogP contribution is -2.35. The van der Waals surface area contributed by atoms with E-state index in [4.69, 9.17) is 0 Å². The topological polar surface area (TPSA) is 23.6 Å². The lowest BCUT2D eigenvalue weighted by atomic mass is 10.1. The van der Waals surface area contributed by atoms with Crippen molar-refractivity contribution in [2.75, 3.05) is 31.1 Å². The van der Waals surface area contributed by atoms with Crippen LogP contribution in [0.3, 0.4) is 0 Å². The summed E-state index contributed by atoms with van der Waals surface area (Å²) in [5, 5.41) is 0. The van der Waals surface area contributed by atoms with Gasteiger partial charge in [-0.05, 0) is 73.4 Å². The summed E-state index contributed by atoms with van der Waals surface area (Å²) in [7, 11) is 0. The predicted octanol–water partition coefficient (Wildman–Crippen LogP) is 3.33. The predicted molar refractivity (Wildman–Crippen MR) is 85.6 cm³/mol. The van der Waals surface area contributed by atoms with Gasteiger partial charge in [-0.25, -0.2) is 0 Å². The first-order valence-electron chi connectivity index (χ1n) is 7.44. The smallest absolute Gasteiger partial charge is 0.159 e. The molecule has 0 N–H and O–H groups in total. The number of rotatable bonds is 3. The fraction of sp³-hybridized carbons (Fsp3) is 0.562. The number of carbonyl (C=O) groups is 1. The number of hydrogen-bond donors (Lipinski definition) is 0. The summed E-state index contributed by atoms with van der Waals surface area (Å²) in [4.78, 5) is 16.5. The Kier molecular flexibility index (Phi) is 4.13. The van der Waals surface area contributed by atoms with E-state index in [0.29, 0.717) is 6.04 Å². The molecular weight excluding hydrogens is 316 g/mol. The highest BCUT2D eigenvalue weighted by atomic mass is 79.9. The van der Waals surface area contributed by atoms with Crippen LogP contribution in [0.15, 0.2) is 22.7 Å². The third kappa shape index (κ3) is 2.77. The minimum Gasteiger partial charge on any atom is -0.369 e. The Morgan fingerprint density at radius 3 is 2.65 bits per heavy atom. The van der Waals surface area contributed by atoms with Crippen LogP contribution in [0.4, 0.5) is 5.69 Å². The van der Waals surface area contributed by atoms with Crippen LogP contribution in [0.25, 0.3) is 0 Å². The number of likely N-dealkylation sites (tertiary alicyclic amines) is 1. The highest BCUT2D eigenvalue weighted by Gasteiger charge is 2.30. The summed E-state index contributed by atoms with van der Waals surface area (Å²) in [6.45, 7) is 6.36. The van der Waals surface area contributed by atoms with Gasteiger partial charge in [0.05, 0.1) is 5.69 Å². The van der Waals surface area contributed by atoms with E-state index < -0.39 is 0 Å². The van der Waals surface area contributed by atoms with Crippen molar-refractivity contribution < 1.29 is 4.79 Å². The zero-order valence-corrected chi connectivity index (χ0v) is 13.5. The van der Waals surface area contributed by atoms with Crippen molar-refractivity contribution in [1.82, 2.24) is 4.90 Å². The molecule has 2 aliphatic heterocycles. The van der Waals surface area contributed by atoms with Gasteiger partial charge in [-0.15, -0.1) is 0 Å². The zero-order chi connectivity index (χ0) is 14.1. The second-order valence-electron chi connectivity index (χ2n) is 5.85. The van der Waals surface area contributed by atoms with E-state index >= 15 is 0 Å². The largest absolute Gasteiger partial charge is 0.369 e. The molecule has 0 aliphatic carbocycles. The maximum absolute atomic E-state index is 11.4. The van der Waals surface area contributed by atoms with Crippen molar-refractivity contribution in [2.45, 2.75) is 32.2 Å². The van der Waals surface area contributed by atoms with Crippen LogP contribution in [-0.4, -0.2) is 42.9 Å². The molecule has 4 heteroatoms. The van der Waals surface area contributed by atoms with Crippen molar-refractivity contribution in [2.24, 2.45) is 0 Å². The average Bonchev–Trinajstić information content (AvgIpc) is 3.09. The molecule has 1 aromatic rings. The van der Waals surface area contributed by atoms with Crippen molar-refractivity contribution >= 4 is 27.4 Å². The molecule has 108 valence electrons. The zero-order valence-electron chi connectivity index (χ0n) is 11.9. The molecule has 20 heavy (non-hydrogen) atoms. The van der Waals surface area contributed by atoms with Crippen LogP contribution in [0.5, 0.6) is 0 Å². The van der Waals surface area contributed by atoms with E-state index in [1.54, 1.807) is 6.92 Å². The molecule has 2 saturated heterocycles. The number of nitrogens with zero attached hydrogens (tertiary/aromatic N) is 2. The molecular formula is C16H21BrN2O. The molecule has 2 heterocycles. The molecule has 1 atom stereocenters. The Morgan fingerprint density at radius 1 is 1.25 bits per heavy atom. The van der Waals surface area contributed by atoms with Crippen LogP contribution >= 0.6 is 15.9 Å². The summed E-state index contributed by atoms with van der Waals surface area (Å²) in [5.41, 5.74) is 1.99. The number of hydrogen-bond acceptors (Lipinski definition) is 3. The van der Waals surface area contributed by atoms with Gasteiger partial charge in [-0.1, -0.05) is 0 Å². The van der Waals surface area contributed by atoms with Gasteiger partial charge in [0.15, 0.2) is 5.78 Å². The normalized spacial score (nSPS) is 23.5. The lowest BCUT2D eigenvalue weighted by molar-refractivity contribution is 0.101. The average molecular weight is 337 g/mol. The molecule has 0 aromatic heterocycles. The number of carbonyl (C=O) groups excluding carboxylic acids is 1. The maximum Gasteiger partial charge on any atom is 0.159 e. The van der Waals surface area contributed by atoms with Gasteiger partial charge in [0.2, 0.25) is 0 Å². The first kappa shape index (κ1) is 14.1. The number of benzene rings is 1. The minimum absolute atomic E-state index is 0.119. The van der Waals surface area contributed by atoms with E-state index in [-0.39, 0.29) is 5.78 Å². The molecule has 1 unspecified atom stereocenters. The quantitative estimate of drug-likeness (QED) is 0.791. The van der Waals surface area contributed by atoms with E-state index in [0.717, 1.165) is 23.1 Å². The van der Waals surface area contributed by atoms with Gasteiger partial charge < -0.3 is 4.90 Å². The molecule has 3 nitrogen and oxygen atoms in total. The fourth-order valence-corrected chi connectivity index (χ4v) is 3.98. The number of ketones is 1. The van der Waals surface area contributed by atoms with Crippen molar-refractivity contribution in [3.05, 3.63) is 28.2 Å². The molecule has 0 spiro atoms. The molecule has 0 radical (unpaired) electrons. The van der Waals surface area contributed by atoms with E-state index in [1.165, 1.54) is 38.0 Å². The summed E-state index contributed by atoms with van der Waals surface area (Å²) in [6, 6.07) is 6.66. The monoisotopic (exact) mass is 336 g/mol. The van der Waals surface area contributed by atoms with Crippen LogP contribution in [0, 0.1) is 0 Å². The Balaban J connectivity index is 1.72. The van der Waals surface area contributed by atoms with Gasteiger partial charge in [0.25, 0.3) is 0 Å². The molecule has 0 amide bonds. The third-order valence-electron chi connectivity index (χ3n) is 4.52. The first-order chi connectivity index (χ1) is 9.65. The Morgan fingerprint density at radius 2 is 2.00 bits per heavy atom. The summed E-state index contributed by atoms with van der Waals surface area (Å²) < 4.78 is 1.03. The highest BCUT2D eigenvalue weighted by molar-refractivity contribution is 9.10. The van der Waals surface area contributed by atoms with E-state index in [2.05, 4.69) is 31.8 Å². The minimum atomic E-state index is 0.119. The molecule has 3 rings (SSSR count). The highest BCUT2D eigenvalue weighted by Crippen LogP contribution is 2.31. The van der Waals surface area contributed by atoms with Crippen LogP contribution < -0.4 is 4.90 Å². The van der Waals surface area contributed by atoms with Crippen LogP contribution in [0.1, 0.15) is 36.5 Å². The van der Waals surface area contributed by atoms with Crippen molar-refractivity contribution in [3.63, 3.8) is 0 Å². The molecule has 2 fully saturated rings. The Hall–Kier alpha value is -0.870. The number of anilines is 1. The second kappa shape index (κ2) is 5.86. The van der Waals surface area contributed by atoms with Gasteiger partial charge in [0.1, 0.15) is 0 Å². The number of halogens is 1. The summed E-state index contributed by atoms with van der Waals surface area (Å²) in [5.74, 6) is 0.119. The third-order valence-corrected chi connectivity index (χ3v) is 5.15. The summed E-state index contributed by atoms with van der Waals surface area (Å²) in [6.07, 6.45) is 3.96. The Labute approximate surface area is 129 Å².